The second kappa shape index (κ2) is 7.33. The van der Waals surface area contributed by atoms with E-state index < -0.39 is 0 Å². The number of piperidine rings is 1. The predicted molar refractivity (Wildman–Crippen MR) is 106 cm³/mol. The lowest BCUT2D eigenvalue weighted by Gasteiger charge is -2.33. The van der Waals surface area contributed by atoms with Gasteiger partial charge >= 0.3 is 0 Å². The van der Waals surface area contributed by atoms with E-state index in [0.717, 1.165) is 42.2 Å². The van der Waals surface area contributed by atoms with Crippen molar-refractivity contribution in [1.82, 2.24) is 20.2 Å². The van der Waals surface area contributed by atoms with Crippen LogP contribution in [0.4, 0.5) is 17.3 Å². The van der Waals surface area contributed by atoms with Gasteiger partial charge in [0.05, 0.1) is 11.9 Å². The van der Waals surface area contributed by atoms with E-state index >= 15 is 0 Å². The maximum atomic E-state index is 12.7. The largest absolute Gasteiger partial charge is 0.384 e. The highest BCUT2D eigenvalue weighted by Crippen LogP contribution is 2.29. The highest BCUT2D eigenvalue weighted by atomic mass is 32.1. The van der Waals surface area contributed by atoms with Crippen molar-refractivity contribution in [2.24, 2.45) is 5.73 Å². The molecule has 0 spiro atoms. The van der Waals surface area contributed by atoms with Crippen LogP contribution in [-0.2, 0) is 0 Å². The number of H-pyrrole nitrogens is 1. The fourth-order valence-corrected chi connectivity index (χ4v) is 3.87. The molecule has 6 N–H and O–H groups in total. The zero-order valence-corrected chi connectivity index (χ0v) is 15.4. The van der Waals surface area contributed by atoms with Gasteiger partial charge in [-0.1, -0.05) is 0 Å². The van der Waals surface area contributed by atoms with Gasteiger partial charge in [0.15, 0.2) is 5.82 Å². The minimum absolute atomic E-state index is 0.107. The van der Waals surface area contributed by atoms with E-state index in [1.165, 1.54) is 11.3 Å². The third-order valence-corrected chi connectivity index (χ3v) is 5.30. The van der Waals surface area contributed by atoms with E-state index in [9.17, 15) is 4.79 Å². The molecule has 10 heteroatoms. The summed E-state index contributed by atoms with van der Waals surface area (Å²) in [5.74, 6) is 0.432. The highest BCUT2D eigenvalue weighted by molar-refractivity contribution is 7.13. The van der Waals surface area contributed by atoms with Crippen LogP contribution < -0.4 is 21.7 Å². The summed E-state index contributed by atoms with van der Waals surface area (Å²) in [6.45, 7) is 1.58. The Morgan fingerprint density at radius 1 is 1.37 bits per heavy atom. The Hall–Kier alpha value is -2.98. The summed E-state index contributed by atoms with van der Waals surface area (Å²) in [7, 11) is 0. The topological polar surface area (TPSA) is 139 Å². The molecule has 27 heavy (non-hydrogen) atoms. The number of carbonyl (C=O) groups excluding carboxylic acids is 1. The summed E-state index contributed by atoms with van der Waals surface area (Å²) in [4.78, 5) is 23.5. The molecule has 140 valence electrons. The molecule has 0 aliphatic carbocycles. The number of nitrogens with one attached hydrogen (secondary N) is 2. The first-order valence-corrected chi connectivity index (χ1v) is 9.51. The van der Waals surface area contributed by atoms with Crippen molar-refractivity contribution in [3.63, 3.8) is 0 Å². The molecule has 1 aliphatic heterocycles. The lowest BCUT2D eigenvalue weighted by atomic mass is 10.1. The molecule has 3 aromatic heterocycles. The third-order valence-electron chi connectivity index (χ3n) is 4.41. The molecule has 1 atom stereocenters. The van der Waals surface area contributed by atoms with Crippen molar-refractivity contribution in [1.29, 1.82) is 0 Å². The predicted octanol–water partition coefficient (Wildman–Crippen LogP) is 1.69. The quantitative estimate of drug-likeness (QED) is 0.537. The number of aromatic nitrogens is 4. The molecule has 9 nitrogen and oxygen atoms in total. The van der Waals surface area contributed by atoms with Crippen LogP contribution in [0.25, 0.3) is 10.6 Å². The number of hydrogen-bond acceptors (Lipinski definition) is 8. The number of aromatic amines is 1. The standard InChI is InChI=1S/C17H20N8OS/c18-11-2-1-5-25(8-11)13-3-4-14(19)23-15(13)24-16(26)12-9-27-17(22-12)10-6-20-21-7-10/h3-4,6-7,9,11H,1-2,5,8,18H2,(H,20,21)(H3,19,23,24,26)/t11-/m1/s1. The van der Waals surface area contributed by atoms with E-state index in [4.69, 9.17) is 11.5 Å². The molecule has 1 amide bonds. The first kappa shape index (κ1) is 17.4. The number of amides is 1. The van der Waals surface area contributed by atoms with E-state index in [1.807, 2.05) is 6.07 Å². The summed E-state index contributed by atoms with van der Waals surface area (Å²) in [5.41, 5.74) is 13.9. The van der Waals surface area contributed by atoms with Gasteiger partial charge < -0.3 is 21.7 Å². The van der Waals surface area contributed by atoms with Crippen molar-refractivity contribution in [3.8, 4) is 10.6 Å². The Bertz CT molecular complexity index is 938. The summed E-state index contributed by atoms with van der Waals surface area (Å²) in [5, 5.41) is 11.9. The van der Waals surface area contributed by atoms with Crippen molar-refractivity contribution in [2.75, 3.05) is 29.0 Å². The Morgan fingerprint density at radius 3 is 3.04 bits per heavy atom. The molecule has 0 bridgehead atoms. The second-order valence-electron chi connectivity index (χ2n) is 6.43. The summed E-state index contributed by atoms with van der Waals surface area (Å²) in [6.07, 6.45) is 5.39. The molecule has 1 saturated heterocycles. The zero-order chi connectivity index (χ0) is 18.8. The lowest BCUT2D eigenvalue weighted by Crippen LogP contribution is -2.43. The Morgan fingerprint density at radius 2 is 2.26 bits per heavy atom. The maximum Gasteiger partial charge on any atom is 0.276 e. The van der Waals surface area contributed by atoms with Gasteiger partial charge in [0, 0.05) is 36.3 Å². The van der Waals surface area contributed by atoms with E-state index in [2.05, 4.69) is 30.4 Å². The number of nitrogen functional groups attached to an aromatic ring is 1. The summed E-state index contributed by atoms with van der Waals surface area (Å²) >= 11 is 1.38. The van der Waals surface area contributed by atoms with Crippen LogP contribution in [-0.4, -0.2) is 45.2 Å². The van der Waals surface area contributed by atoms with Gasteiger partial charge in [-0.2, -0.15) is 5.10 Å². The van der Waals surface area contributed by atoms with E-state index in [0.29, 0.717) is 17.3 Å². The molecule has 0 radical (unpaired) electrons. The SMILES string of the molecule is Nc1ccc(N2CCC[C@@H](N)C2)c(NC(=O)c2csc(-c3cn[nH]c3)n2)n1. The monoisotopic (exact) mass is 384 g/mol. The van der Waals surface area contributed by atoms with Crippen LogP contribution in [0.1, 0.15) is 23.3 Å². The Labute approximate surface area is 159 Å². The second-order valence-corrected chi connectivity index (χ2v) is 7.29. The third kappa shape index (κ3) is 3.76. The molecular weight excluding hydrogens is 364 g/mol. The molecule has 0 saturated carbocycles. The van der Waals surface area contributed by atoms with Crippen molar-refractivity contribution < 1.29 is 4.79 Å². The maximum absolute atomic E-state index is 12.7. The van der Waals surface area contributed by atoms with E-state index in [1.54, 1.807) is 23.8 Å². The smallest absolute Gasteiger partial charge is 0.276 e. The molecule has 4 rings (SSSR count). The zero-order valence-electron chi connectivity index (χ0n) is 14.6. The Kier molecular flexibility index (Phi) is 4.73. The lowest BCUT2D eigenvalue weighted by molar-refractivity contribution is 0.102. The molecule has 1 aliphatic rings. The average molecular weight is 384 g/mol. The fraction of sp³-hybridized carbons (Fsp3) is 0.294. The van der Waals surface area contributed by atoms with Crippen LogP contribution in [0, 0.1) is 0 Å². The van der Waals surface area contributed by atoms with Crippen LogP contribution in [0.5, 0.6) is 0 Å². The number of carbonyl (C=O) groups is 1. The molecule has 1 fully saturated rings. The highest BCUT2D eigenvalue weighted by Gasteiger charge is 2.22. The number of rotatable bonds is 4. The number of hydrogen-bond donors (Lipinski definition) is 4. The minimum atomic E-state index is -0.332. The van der Waals surface area contributed by atoms with Crippen LogP contribution in [0.3, 0.4) is 0 Å². The normalized spacial score (nSPS) is 17.1. The van der Waals surface area contributed by atoms with E-state index in [-0.39, 0.29) is 11.9 Å². The number of pyridine rings is 1. The van der Waals surface area contributed by atoms with Crippen molar-refractivity contribution in [3.05, 3.63) is 35.6 Å². The average Bonchev–Trinajstić information content (AvgIpc) is 3.33. The van der Waals surface area contributed by atoms with Crippen molar-refractivity contribution >= 4 is 34.6 Å². The van der Waals surface area contributed by atoms with Gasteiger partial charge in [0.25, 0.3) is 5.91 Å². The molecule has 3 aromatic rings. The van der Waals surface area contributed by atoms with Gasteiger partial charge in [-0.15, -0.1) is 11.3 Å². The number of nitrogens with zero attached hydrogens (tertiary/aromatic N) is 4. The molecular formula is C17H20N8OS. The van der Waals surface area contributed by atoms with Crippen molar-refractivity contribution in [2.45, 2.75) is 18.9 Å². The number of thiazole rings is 1. The Balaban J connectivity index is 1.56. The van der Waals surface area contributed by atoms with Gasteiger partial charge in [-0.25, -0.2) is 9.97 Å². The van der Waals surface area contributed by atoms with Gasteiger partial charge in [-0.05, 0) is 25.0 Å². The fourth-order valence-electron chi connectivity index (χ4n) is 3.09. The number of anilines is 3. The minimum Gasteiger partial charge on any atom is -0.384 e. The number of nitrogens with two attached hydrogens (primary N) is 2. The van der Waals surface area contributed by atoms with Crippen LogP contribution >= 0.6 is 11.3 Å². The molecule has 0 unspecified atom stereocenters. The summed E-state index contributed by atoms with van der Waals surface area (Å²) in [6, 6.07) is 3.70. The molecule has 0 aromatic carbocycles. The van der Waals surface area contributed by atoms with Crippen LogP contribution in [0.15, 0.2) is 29.9 Å². The molecule has 4 heterocycles. The van der Waals surface area contributed by atoms with Crippen LogP contribution in [0.2, 0.25) is 0 Å². The summed E-state index contributed by atoms with van der Waals surface area (Å²) < 4.78 is 0. The first-order chi connectivity index (χ1) is 13.1. The van der Waals surface area contributed by atoms with Gasteiger partial charge in [0.1, 0.15) is 16.5 Å². The first-order valence-electron chi connectivity index (χ1n) is 8.63. The van der Waals surface area contributed by atoms with Gasteiger partial charge in [0.2, 0.25) is 0 Å². The van der Waals surface area contributed by atoms with Gasteiger partial charge in [-0.3, -0.25) is 9.89 Å².